The molecule has 0 spiro atoms. The fraction of sp³-hybridized carbons (Fsp3) is 0.538. The van der Waals surface area contributed by atoms with Crippen molar-refractivity contribution in [3.05, 3.63) is 29.6 Å². The van der Waals surface area contributed by atoms with Crippen LogP contribution >= 0.6 is 0 Å². The van der Waals surface area contributed by atoms with Gasteiger partial charge in [-0.1, -0.05) is 19.9 Å². The summed E-state index contributed by atoms with van der Waals surface area (Å²) in [5.41, 5.74) is 0.348. The predicted molar refractivity (Wildman–Crippen MR) is 71.6 cm³/mol. The monoisotopic (exact) mass is 289 g/mol. The first-order chi connectivity index (χ1) is 8.78. The van der Waals surface area contributed by atoms with Gasteiger partial charge in [0.25, 0.3) is 0 Å². The molecule has 1 N–H and O–H groups in total. The number of hydrogen-bond donors (Lipinski definition) is 1. The van der Waals surface area contributed by atoms with Gasteiger partial charge in [-0.2, -0.15) is 0 Å². The van der Waals surface area contributed by atoms with E-state index in [0.717, 1.165) is 10.4 Å². The van der Waals surface area contributed by atoms with E-state index in [9.17, 15) is 12.8 Å². The third-order valence-electron chi connectivity index (χ3n) is 2.89. The van der Waals surface area contributed by atoms with Gasteiger partial charge >= 0.3 is 0 Å². The first-order valence-electron chi connectivity index (χ1n) is 6.14. The highest BCUT2D eigenvalue weighted by atomic mass is 32.2. The quantitative estimate of drug-likeness (QED) is 0.871. The third kappa shape index (κ3) is 3.99. The van der Waals surface area contributed by atoms with Crippen LogP contribution in [0.5, 0.6) is 0 Å². The minimum absolute atomic E-state index is 0.319. The van der Waals surface area contributed by atoms with E-state index in [1.54, 1.807) is 0 Å². The van der Waals surface area contributed by atoms with Crippen molar-refractivity contribution in [3.8, 4) is 0 Å². The Balaban J connectivity index is 2.99. The Kier molecular flexibility index (Phi) is 5.46. The SMILES string of the molecule is CC(C)CCN(C)S(=O)(=O)c1ccc(CO)cc1F. The fourth-order valence-corrected chi connectivity index (χ4v) is 2.81. The molecule has 0 amide bonds. The second-order valence-corrected chi connectivity index (χ2v) is 6.95. The molecule has 0 aliphatic rings. The number of nitrogens with zero attached hydrogens (tertiary/aromatic N) is 1. The molecule has 0 fully saturated rings. The molecule has 0 atom stereocenters. The molecule has 1 aromatic rings. The molecule has 1 rings (SSSR count). The fourth-order valence-electron chi connectivity index (χ4n) is 1.58. The molecular weight excluding hydrogens is 269 g/mol. The van der Waals surface area contributed by atoms with E-state index in [2.05, 4.69) is 0 Å². The normalized spacial score (nSPS) is 12.4. The molecule has 0 saturated heterocycles. The third-order valence-corrected chi connectivity index (χ3v) is 4.78. The number of benzene rings is 1. The maximum absolute atomic E-state index is 13.8. The average molecular weight is 289 g/mol. The Hall–Kier alpha value is -0.980. The molecule has 0 aliphatic carbocycles. The molecule has 0 saturated carbocycles. The lowest BCUT2D eigenvalue weighted by Crippen LogP contribution is -2.29. The first kappa shape index (κ1) is 16.1. The standard InChI is InChI=1S/C13H20FNO3S/c1-10(2)6-7-15(3)19(17,18)13-5-4-11(9-16)8-12(13)14/h4-5,8,10,16H,6-7,9H2,1-3H3. The molecule has 0 aromatic heterocycles. The molecular formula is C13H20FNO3S. The van der Waals surface area contributed by atoms with Gasteiger partial charge in [0, 0.05) is 13.6 Å². The van der Waals surface area contributed by atoms with Crippen LogP contribution in [0.2, 0.25) is 0 Å². The molecule has 0 heterocycles. The van der Waals surface area contributed by atoms with E-state index in [1.807, 2.05) is 13.8 Å². The maximum Gasteiger partial charge on any atom is 0.245 e. The van der Waals surface area contributed by atoms with Crippen LogP contribution < -0.4 is 0 Å². The first-order valence-corrected chi connectivity index (χ1v) is 7.58. The van der Waals surface area contributed by atoms with Crippen molar-refractivity contribution >= 4 is 10.0 Å². The molecule has 0 radical (unpaired) electrons. The van der Waals surface area contributed by atoms with Crippen molar-refractivity contribution in [2.45, 2.75) is 31.8 Å². The number of rotatable bonds is 6. The molecule has 0 unspecified atom stereocenters. The lowest BCUT2D eigenvalue weighted by Gasteiger charge is -2.18. The highest BCUT2D eigenvalue weighted by Crippen LogP contribution is 2.20. The Morgan fingerprint density at radius 2 is 2.00 bits per heavy atom. The zero-order valence-corrected chi connectivity index (χ0v) is 12.2. The highest BCUT2D eigenvalue weighted by molar-refractivity contribution is 7.89. The Labute approximate surface area is 113 Å². The minimum atomic E-state index is -3.81. The zero-order valence-electron chi connectivity index (χ0n) is 11.4. The van der Waals surface area contributed by atoms with E-state index >= 15 is 0 Å². The van der Waals surface area contributed by atoms with E-state index in [4.69, 9.17) is 5.11 Å². The van der Waals surface area contributed by atoms with E-state index in [0.29, 0.717) is 24.4 Å². The Bertz CT molecular complexity index is 529. The van der Waals surface area contributed by atoms with Crippen LogP contribution in [0, 0.1) is 11.7 Å². The largest absolute Gasteiger partial charge is 0.392 e. The molecule has 108 valence electrons. The summed E-state index contributed by atoms with van der Waals surface area (Å²) in [6, 6.07) is 3.65. The second kappa shape index (κ2) is 6.45. The predicted octanol–water partition coefficient (Wildman–Crippen LogP) is 1.98. The van der Waals surface area contributed by atoms with Gasteiger partial charge in [-0.05, 0) is 30.0 Å². The van der Waals surface area contributed by atoms with Gasteiger partial charge in [0.15, 0.2) is 0 Å². The molecule has 0 aliphatic heterocycles. The van der Waals surface area contributed by atoms with Crippen molar-refractivity contribution in [2.24, 2.45) is 5.92 Å². The second-order valence-electron chi connectivity index (χ2n) is 4.93. The van der Waals surface area contributed by atoms with Crippen LogP contribution in [0.4, 0.5) is 4.39 Å². The van der Waals surface area contributed by atoms with Crippen molar-refractivity contribution in [1.82, 2.24) is 4.31 Å². The summed E-state index contributed by atoms with van der Waals surface area (Å²) in [6.45, 7) is 4.02. The number of halogens is 1. The van der Waals surface area contributed by atoms with Crippen LogP contribution in [0.1, 0.15) is 25.8 Å². The number of aliphatic hydroxyl groups is 1. The summed E-state index contributed by atoms with van der Waals surface area (Å²) in [6.07, 6.45) is 0.714. The molecule has 6 heteroatoms. The number of hydrogen-bond acceptors (Lipinski definition) is 3. The van der Waals surface area contributed by atoms with Crippen molar-refractivity contribution in [2.75, 3.05) is 13.6 Å². The molecule has 0 bridgehead atoms. The summed E-state index contributed by atoms with van der Waals surface area (Å²) in [7, 11) is -2.37. The smallest absolute Gasteiger partial charge is 0.245 e. The molecule has 19 heavy (non-hydrogen) atoms. The van der Waals surface area contributed by atoms with E-state index in [-0.39, 0.29) is 11.5 Å². The van der Waals surface area contributed by atoms with Crippen LogP contribution in [0.25, 0.3) is 0 Å². The van der Waals surface area contributed by atoms with Crippen LogP contribution in [-0.2, 0) is 16.6 Å². The zero-order chi connectivity index (χ0) is 14.6. The van der Waals surface area contributed by atoms with Crippen LogP contribution in [0.15, 0.2) is 23.1 Å². The number of sulfonamides is 1. The van der Waals surface area contributed by atoms with Crippen LogP contribution in [-0.4, -0.2) is 31.4 Å². The van der Waals surface area contributed by atoms with Gasteiger partial charge in [0.2, 0.25) is 10.0 Å². The lowest BCUT2D eigenvalue weighted by atomic mass is 10.1. The van der Waals surface area contributed by atoms with Crippen molar-refractivity contribution < 1.29 is 17.9 Å². The van der Waals surface area contributed by atoms with Gasteiger partial charge < -0.3 is 5.11 Å². The summed E-state index contributed by atoms with van der Waals surface area (Å²) >= 11 is 0. The van der Waals surface area contributed by atoms with Gasteiger partial charge in [-0.25, -0.2) is 17.1 Å². The van der Waals surface area contributed by atoms with Gasteiger partial charge in [-0.15, -0.1) is 0 Å². The molecule has 1 aromatic carbocycles. The lowest BCUT2D eigenvalue weighted by molar-refractivity contribution is 0.281. The van der Waals surface area contributed by atoms with Crippen molar-refractivity contribution in [1.29, 1.82) is 0 Å². The Morgan fingerprint density at radius 3 is 2.47 bits per heavy atom. The maximum atomic E-state index is 13.8. The summed E-state index contributed by atoms with van der Waals surface area (Å²) in [5, 5.41) is 8.88. The Morgan fingerprint density at radius 1 is 1.37 bits per heavy atom. The van der Waals surface area contributed by atoms with E-state index < -0.39 is 15.8 Å². The number of aliphatic hydroxyl groups excluding tert-OH is 1. The summed E-state index contributed by atoms with van der Waals surface area (Å²) in [4.78, 5) is -0.351. The van der Waals surface area contributed by atoms with Crippen molar-refractivity contribution in [3.63, 3.8) is 0 Å². The van der Waals surface area contributed by atoms with Gasteiger partial charge in [-0.3, -0.25) is 0 Å². The highest BCUT2D eigenvalue weighted by Gasteiger charge is 2.24. The summed E-state index contributed by atoms with van der Waals surface area (Å²) in [5.74, 6) is -0.456. The molecule has 4 nitrogen and oxygen atoms in total. The van der Waals surface area contributed by atoms with Crippen LogP contribution in [0.3, 0.4) is 0 Å². The average Bonchev–Trinajstić information content (AvgIpc) is 2.35. The van der Waals surface area contributed by atoms with Gasteiger partial charge in [0.1, 0.15) is 10.7 Å². The minimum Gasteiger partial charge on any atom is -0.392 e. The van der Waals surface area contributed by atoms with E-state index in [1.165, 1.54) is 19.2 Å². The summed E-state index contributed by atoms with van der Waals surface area (Å²) < 4.78 is 39.3. The topological polar surface area (TPSA) is 57.6 Å². The van der Waals surface area contributed by atoms with Gasteiger partial charge in [0.05, 0.1) is 6.61 Å².